The van der Waals surface area contributed by atoms with Crippen LogP contribution in [0.2, 0.25) is 0 Å². The lowest BCUT2D eigenvalue weighted by Gasteiger charge is -2.34. The molecule has 1 unspecified atom stereocenters. The number of hydrogen-bond acceptors (Lipinski definition) is 13. The summed E-state index contributed by atoms with van der Waals surface area (Å²) in [5.41, 5.74) is 5.20. The molecule has 3 N–H and O–H groups in total. The van der Waals surface area contributed by atoms with Gasteiger partial charge in [-0.3, -0.25) is 28.9 Å². The maximum atomic E-state index is 12.3. The van der Waals surface area contributed by atoms with Gasteiger partial charge in [-0.25, -0.2) is 9.97 Å². The van der Waals surface area contributed by atoms with E-state index in [1.165, 1.54) is 29.6 Å². The van der Waals surface area contributed by atoms with Crippen LogP contribution in [0.4, 0.5) is 11.5 Å². The fourth-order valence-electron chi connectivity index (χ4n) is 7.81. The molecule has 0 radical (unpaired) electrons. The highest BCUT2D eigenvalue weighted by atomic mass is 32.1. The van der Waals surface area contributed by atoms with Crippen LogP contribution in [-0.4, -0.2) is 146 Å². The van der Waals surface area contributed by atoms with Gasteiger partial charge in [0.2, 0.25) is 23.6 Å². The zero-order valence-corrected chi connectivity index (χ0v) is 41.1. The molecule has 67 heavy (non-hydrogen) atoms. The van der Waals surface area contributed by atoms with E-state index < -0.39 is 11.9 Å². The van der Waals surface area contributed by atoms with Crippen LogP contribution < -0.4 is 25.8 Å². The van der Waals surface area contributed by atoms with Crippen LogP contribution >= 0.6 is 11.3 Å². The van der Waals surface area contributed by atoms with E-state index in [4.69, 9.17) is 9.72 Å². The first-order valence-corrected chi connectivity index (χ1v) is 24.8. The van der Waals surface area contributed by atoms with E-state index in [-0.39, 0.29) is 44.0 Å². The number of benzene rings is 2. The minimum atomic E-state index is -0.771. The second kappa shape index (κ2) is 27.9. The summed E-state index contributed by atoms with van der Waals surface area (Å²) in [6.07, 6.45) is 9.40. The normalized spacial score (nSPS) is 15.7. The predicted molar refractivity (Wildman–Crippen MR) is 267 cm³/mol. The molecular formula is C50H72N10O6S. The van der Waals surface area contributed by atoms with Crippen molar-refractivity contribution in [2.24, 2.45) is 0 Å². The monoisotopic (exact) mass is 941 g/mol. The van der Waals surface area contributed by atoms with Gasteiger partial charge in [0.15, 0.2) is 0 Å². The topological polar surface area (TPSA) is 173 Å². The number of ether oxygens (including phenoxy) is 1. The molecule has 364 valence electrons. The van der Waals surface area contributed by atoms with Crippen molar-refractivity contribution in [2.45, 2.75) is 91.8 Å². The minimum absolute atomic E-state index is 0.154. The Labute approximate surface area is 400 Å². The smallest absolute Gasteiger partial charge is 0.293 e. The molecule has 0 bridgehead atoms. The molecule has 3 saturated heterocycles. The summed E-state index contributed by atoms with van der Waals surface area (Å²) in [6, 6.07) is 17.4. The number of likely N-dealkylation sites (N-methyl/N-ethyl adjacent to an activating group) is 1. The highest BCUT2D eigenvalue weighted by molar-refractivity contribution is 7.21. The number of unbranched alkanes of at least 4 members (excludes halogenated alkanes) is 2. The van der Waals surface area contributed by atoms with Crippen molar-refractivity contribution in [2.75, 3.05) is 95.4 Å². The average molecular weight is 941 g/mol. The molecule has 0 aliphatic carbocycles. The molecule has 3 aliphatic rings. The number of thiazole rings is 1. The first-order chi connectivity index (χ1) is 32.5. The lowest BCUT2D eigenvalue weighted by molar-refractivity contribution is -0.134. The quantitative estimate of drug-likeness (QED) is 0.0853. The molecule has 0 saturated carbocycles. The number of anilines is 2. The van der Waals surface area contributed by atoms with E-state index in [1.54, 1.807) is 30.4 Å². The largest absolute Gasteiger partial charge is 0.463 e. The third kappa shape index (κ3) is 17.2. The lowest BCUT2D eigenvalue weighted by atomic mass is 10.1. The van der Waals surface area contributed by atoms with Crippen LogP contribution in [0.5, 0.6) is 0 Å². The van der Waals surface area contributed by atoms with Gasteiger partial charge in [-0.15, -0.1) is 11.3 Å². The number of hydrogen-bond donors (Lipinski definition) is 3. The Morgan fingerprint density at radius 3 is 2.16 bits per heavy atom. The zero-order chi connectivity index (χ0) is 48.0. The van der Waals surface area contributed by atoms with Crippen molar-refractivity contribution in [1.82, 2.24) is 40.6 Å². The Bertz CT molecular complexity index is 2150. The Balaban J connectivity index is 0.000000245. The van der Waals surface area contributed by atoms with Crippen molar-refractivity contribution in [3.8, 4) is 10.6 Å². The summed E-state index contributed by atoms with van der Waals surface area (Å²) in [4.78, 5) is 79.8. The molecule has 0 spiro atoms. The molecule has 16 nitrogen and oxygen atoms in total. The van der Waals surface area contributed by atoms with Gasteiger partial charge in [0.05, 0.1) is 23.3 Å². The van der Waals surface area contributed by atoms with E-state index in [0.717, 1.165) is 91.6 Å². The van der Waals surface area contributed by atoms with Crippen LogP contribution in [0, 0.1) is 0 Å². The molecule has 2 aromatic heterocycles. The fourth-order valence-corrected chi connectivity index (χ4v) is 8.79. The number of fused-ring (bicyclic) bond motifs is 1. The molecule has 1 atom stereocenters. The van der Waals surface area contributed by atoms with Gasteiger partial charge in [0.25, 0.3) is 6.47 Å². The van der Waals surface area contributed by atoms with E-state index in [9.17, 15) is 24.0 Å². The highest BCUT2D eigenvalue weighted by Crippen LogP contribution is 2.33. The molecule has 2 aromatic carbocycles. The van der Waals surface area contributed by atoms with Gasteiger partial charge in [-0.2, -0.15) is 0 Å². The van der Waals surface area contributed by atoms with Gasteiger partial charge in [0.1, 0.15) is 23.5 Å². The second-order valence-corrected chi connectivity index (χ2v) is 18.4. The summed E-state index contributed by atoms with van der Waals surface area (Å²) in [7, 11) is 2.19. The number of carbonyl (C=O) groups excluding carboxylic acids is 5. The number of nitrogens with one attached hydrogen (secondary N) is 3. The molecule has 7 rings (SSSR count). The first kappa shape index (κ1) is 52.3. The van der Waals surface area contributed by atoms with Crippen molar-refractivity contribution in [3.05, 3.63) is 71.9 Å². The van der Waals surface area contributed by atoms with Crippen LogP contribution in [0.25, 0.3) is 20.8 Å². The molecule has 3 fully saturated rings. The molecule has 17 heteroatoms. The minimum Gasteiger partial charge on any atom is -0.463 e. The Hall–Kier alpha value is -5.65. The zero-order valence-electron chi connectivity index (χ0n) is 40.3. The Kier molecular flexibility index (Phi) is 21.8. The lowest BCUT2D eigenvalue weighted by Crippen LogP contribution is -2.52. The predicted octanol–water partition coefficient (Wildman–Crippen LogP) is 5.45. The van der Waals surface area contributed by atoms with E-state index in [1.807, 2.05) is 28.1 Å². The van der Waals surface area contributed by atoms with Crippen molar-refractivity contribution < 1.29 is 28.7 Å². The number of piperazine rings is 2. The SMILES string of the molecule is CCC.CCCCCC(=O)N1CCN(CC(=O)NCC(=O)NC(C)C(=O)NCc2ccc(COC=O)cc2)CC1.CN1CCN(c2ccc3nc(-c4ccc(N5CCCC5)nc4)sc3c2)CC1. The van der Waals surface area contributed by atoms with Crippen molar-refractivity contribution >= 4 is 63.2 Å². The second-order valence-electron chi connectivity index (χ2n) is 17.4. The van der Waals surface area contributed by atoms with Crippen LogP contribution in [-0.2, 0) is 41.9 Å². The average Bonchev–Trinajstić information content (AvgIpc) is 4.05. The third-order valence-corrected chi connectivity index (χ3v) is 12.8. The maximum Gasteiger partial charge on any atom is 0.293 e. The van der Waals surface area contributed by atoms with Crippen molar-refractivity contribution in [1.29, 1.82) is 0 Å². The first-order valence-electron chi connectivity index (χ1n) is 24.0. The van der Waals surface area contributed by atoms with E-state index in [2.05, 4.69) is 93.8 Å². The summed E-state index contributed by atoms with van der Waals surface area (Å²) in [5, 5.41) is 8.96. The van der Waals surface area contributed by atoms with Gasteiger partial charge in [0, 0.05) is 95.9 Å². The number of aromatic nitrogens is 2. The van der Waals surface area contributed by atoms with Crippen LogP contribution in [0.3, 0.4) is 0 Å². The van der Waals surface area contributed by atoms with Crippen LogP contribution in [0.1, 0.15) is 83.8 Å². The van der Waals surface area contributed by atoms with E-state index >= 15 is 0 Å². The Morgan fingerprint density at radius 2 is 1.51 bits per heavy atom. The Morgan fingerprint density at radius 1 is 0.806 bits per heavy atom. The third-order valence-electron chi connectivity index (χ3n) is 11.8. The summed E-state index contributed by atoms with van der Waals surface area (Å²) in [6.45, 7) is 17.8. The standard InChI is InChI=1S/C26H39N5O6.C21H25N5S.C3H8/c1-3-4-5-6-25(35)31-13-11-30(12-14-31)17-24(34)27-16-23(33)29-20(2)26(36)28-15-21-7-9-22(10-8-21)18-37-19-32;1-24-10-12-25(13-11-24)17-5-6-18-19(14-17)27-21(23-18)16-4-7-20(22-15-16)26-8-2-3-9-26;1-3-2/h7-10,19-20H,3-6,11-18H2,1-2H3,(H,27,34)(H,28,36)(H,29,33);4-7,14-15H,2-3,8-13H2,1H3;3H2,1-2H3. The number of amides is 4. The van der Waals surface area contributed by atoms with Gasteiger partial charge >= 0.3 is 0 Å². The molecule has 4 amide bonds. The van der Waals surface area contributed by atoms with Gasteiger partial charge < -0.3 is 40.3 Å². The number of carbonyl (C=O) groups is 5. The summed E-state index contributed by atoms with van der Waals surface area (Å²) in [5.74, 6) is 0.173. The highest BCUT2D eigenvalue weighted by Gasteiger charge is 2.23. The maximum absolute atomic E-state index is 12.3. The van der Waals surface area contributed by atoms with Crippen molar-refractivity contribution in [3.63, 3.8) is 0 Å². The molecular weight excluding hydrogens is 869 g/mol. The summed E-state index contributed by atoms with van der Waals surface area (Å²) < 4.78 is 5.95. The molecule has 5 heterocycles. The molecule has 3 aliphatic heterocycles. The molecule has 4 aromatic rings. The van der Waals surface area contributed by atoms with E-state index in [0.29, 0.717) is 39.1 Å². The number of pyridine rings is 1. The van der Waals surface area contributed by atoms with Gasteiger partial charge in [-0.05, 0) is 74.7 Å². The van der Waals surface area contributed by atoms with Crippen LogP contribution in [0.15, 0.2) is 60.8 Å². The van der Waals surface area contributed by atoms with Gasteiger partial charge in [-0.1, -0.05) is 64.3 Å². The summed E-state index contributed by atoms with van der Waals surface area (Å²) >= 11 is 1.77. The number of rotatable bonds is 18. The fraction of sp³-hybridized carbons (Fsp3) is 0.540. The number of nitrogens with zero attached hydrogens (tertiary/aromatic N) is 7.